The maximum absolute atomic E-state index is 12.3. The molecular formula is C18H26N4O3. The Morgan fingerprint density at radius 2 is 2.12 bits per heavy atom. The Labute approximate surface area is 148 Å². The van der Waals surface area contributed by atoms with Gasteiger partial charge in [-0.15, -0.1) is 0 Å². The predicted molar refractivity (Wildman–Crippen MR) is 93.5 cm³/mol. The summed E-state index contributed by atoms with van der Waals surface area (Å²) in [5.74, 6) is 1.57. The lowest BCUT2D eigenvalue weighted by atomic mass is 9.80. The Bertz CT molecular complexity index is 706. The first kappa shape index (κ1) is 17.8. The Kier molecular flexibility index (Phi) is 4.77. The van der Waals surface area contributed by atoms with Crippen molar-refractivity contribution in [3.63, 3.8) is 0 Å². The minimum atomic E-state index is -0.289. The summed E-state index contributed by atoms with van der Waals surface area (Å²) in [6.45, 7) is 8.02. The Morgan fingerprint density at radius 1 is 1.36 bits per heavy atom. The number of aryl methyl sites for hydroxylation is 1. The number of carbonyl (C=O) groups is 2. The second kappa shape index (κ2) is 6.71. The van der Waals surface area contributed by atoms with Crippen molar-refractivity contribution >= 4 is 17.6 Å². The molecule has 1 aromatic heterocycles. The molecule has 136 valence electrons. The number of ether oxygens (including phenoxy) is 1. The standard InChI is InChI=1S/C18H26N4O3/c1-12-14-10-15(24)22(8-9-25-4)16(14)20-17(19-12)18(3)6-5-7-21(11-18)13(2)23/h5-11H2,1-4H3/t18-/m0/s1. The van der Waals surface area contributed by atoms with Gasteiger partial charge in [-0.05, 0) is 19.8 Å². The van der Waals surface area contributed by atoms with Gasteiger partial charge in [-0.2, -0.15) is 0 Å². The molecule has 2 amide bonds. The number of rotatable bonds is 4. The molecule has 0 aromatic carbocycles. The molecule has 1 aromatic rings. The first-order chi connectivity index (χ1) is 11.9. The molecule has 7 heteroatoms. The third-order valence-electron chi connectivity index (χ3n) is 5.28. The van der Waals surface area contributed by atoms with Gasteiger partial charge in [-0.3, -0.25) is 14.5 Å². The zero-order valence-corrected chi connectivity index (χ0v) is 15.5. The number of hydrogen-bond donors (Lipinski definition) is 0. The molecule has 3 rings (SSSR count). The van der Waals surface area contributed by atoms with E-state index in [1.54, 1.807) is 18.9 Å². The number of hydrogen-bond acceptors (Lipinski definition) is 5. The van der Waals surface area contributed by atoms with Crippen LogP contribution in [0.3, 0.4) is 0 Å². The molecule has 1 atom stereocenters. The summed E-state index contributed by atoms with van der Waals surface area (Å²) in [5, 5.41) is 0. The first-order valence-corrected chi connectivity index (χ1v) is 8.78. The fraction of sp³-hybridized carbons (Fsp3) is 0.667. The number of anilines is 1. The second-order valence-corrected chi connectivity index (χ2v) is 7.25. The van der Waals surface area contributed by atoms with E-state index in [4.69, 9.17) is 14.7 Å². The van der Waals surface area contributed by atoms with Gasteiger partial charge in [0.2, 0.25) is 11.8 Å². The van der Waals surface area contributed by atoms with Crippen LogP contribution in [-0.2, 0) is 26.2 Å². The third kappa shape index (κ3) is 3.25. The van der Waals surface area contributed by atoms with Gasteiger partial charge in [-0.1, -0.05) is 6.92 Å². The smallest absolute Gasteiger partial charge is 0.232 e. The van der Waals surface area contributed by atoms with Crippen molar-refractivity contribution in [3.8, 4) is 0 Å². The van der Waals surface area contributed by atoms with Gasteiger partial charge in [0, 0.05) is 43.8 Å². The molecular weight excluding hydrogens is 320 g/mol. The van der Waals surface area contributed by atoms with Crippen LogP contribution in [0.2, 0.25) is 0 Å². The van der Waals surface area contributed by atoms with Crippen LogP contribution in [0.5, 0.6) is 0 Å². The van der Waals surface area contributed by atoms with E-state index in [1.807, 2.05) is 11.8 Å². The normalized spacial score (nSPS) is 23.1. The van der Waals surface area contributed by atoms with E-state index < -0.39 is 0 Å². The third-order valence-corrected chi connectivity index (χ3v) is 5.28. The number of nitrogens with zero attached hydrogens (tertiary/aromatic N) is 4. The lowest BCUT2D eigenvalue weighted by Gasteiger charge is -2.39. The predicted octanol–water partition coefficient (Wildman–Crippen LogP) is 1.22. The number of piperidine rings is 1. The Hall–Kier alpha value is -2.02. The number of carbonyl (C=O) groups excluding carboxylic acids is 2. The summed E-state index contributed by atoms with van der Waals surface area (Å²) in [4.78, 5) is 37.2. The zero-order valence-electron chi connectivity index (χ0n) is 15.5. The molecule has 25 heavy (non-hydrogen) atoms. The van der Waals surface area contributed by atoms with Crippen molar-refractivity contribution < 1.29 is 14.3 Å². The van der Waals surface area contributed by atoms with Gasteiger partial charge < -0.3 is 9.64 Å². The summed E-state index contributed by atoms with van der Waals surface area (Å²) in [6.07, 6.45) is 2.21. The van der Waals surface area contributed by atoms with E-state index in [0.29, 0.717) is 31.9 Å². The summed E-state index contributed by atoms with van der Waals surface area (Å²) < 4.78 is 5.12. The molecule has 2 aliphatic heterocycles. The van der Waals surface area contributed by atoms with Crippen LogP contribution >= 0.6 is 0 Å². The van der Waals surface area contributed by atoms with Crippen LogP contribution in [-0.4, -0.2) is 60.0 Å². The molecule has 0 radical (unpaired) electrons. The van der Waals surface area contributed by atoms with Crippen molar-refractivity contribution in [2.24, 2.45) is 0 Å². The van der Waals surface area contributed by atoms with Crippen LogP contribution in [0, 0.1) is 6.92 Å². The summed E-state index contributed by atoms with van der Waals surface area (Å²) >= 11 is 0. The largest absolute Gasteiger partial charge is 0.383 e. The highest BCUT2D eigenvalue weighted by Crippen LogP contribution is 2.36. The van der Waals surface area contributed by atoms with Crippen LogP contribution in [0.15, 0.2) is 0 Å². The quantitative estimate of drug-likeness (QED) is 0.819. The summed E-state index contributed by atoms with van der Waals surface area (Å²) in [5.41, 5.74) is 1.48. The van der Waals surface area contributed by atoms with Crippen molar-refractivity contribution in [2.75, 3.05) is 38.3 Å². The average molecular weight is 346 g/mol. The van der Waals surface area contributed by atoms with Crippen LogP contribution < -0.4 is 4.90 Å². The van der Waals surface area contributed by atoms with Gasteiger partial charge in [0.05, 0.1) is 19.6 Å². The van der Waals surface area contributed by atoms with E-state index >= 15 is 0 Å². The average Bonchev–Trinajstić information content (AvgIpc) is 2.89. The van der Waals surface area contributed by atoms with Crippen molar-refractivity contribution in [1.29, 1.82) is 0 Å². The summed E-state index contributed by atoms with van der Waals surface area (Å²) in [6, 6.07) is 0. The lowest BCUT2D eigenvalue weighted by molar-refractivity contribution is -0.131. The molecule has 0 aliphatic carbocycles. The molecule has 0 spiro atoms. The maximum atomic E-state index is 12.3. The van der Waals surface area contributed by atoms with E-state index in [1.165, 1.54) is 0 Å². The molecule has 3 heterocycles. The molecule has 2 aliphatic rings. The topological polar surface area (TPSA) is 75.6 Å². The zero-order chi connectivity index (χ0) is 18.2. The second-order valence-electron chi connectivity index (χ2n) is 7.25. The van der Waals surface area contributed by atoms with E-state index in [2.05, 4.69) is 6.92 Å². The van der Waals surface area contributed by atoms with Crippen molar-refractivity contribution in [1.82, 2.24) is 14.9 Å². The molecule has 1 saturated heterocycles. The summed E-state index contributed by atoms with van der Waals surface area (Å²) in [7, 11) is 1.62. The minimum Gasteiger partial charge on any atom is -0.383 e. The molecule has 0 unspecified atom stereocenters. The molecule has 0 bridgehead atoms. The molecule has 0 saturated carbocycles. The first-order valence-electron chi connectivity index (χ1n) is 8.78. The van der Waals surface area contributed by atoms with Crippen molar-refractivity contribution in [3.05, 3.63) is 17.1 Å². The van der Waals surface area contributed by atoms with Crippen LogP contribution in [0.25, 0.3) is 0 Å². The highest BCUT2D eigenvalue weighted by atomic mass is 16.5. The highest BCUT2D eigenvalue weighted by molar-refractivity contribution is 6.00. The number of amides is 2. The monoisotopic (exact) mass is 346 g/mol. The molecule has 7 nitrogen and oxygen atoms in total. The molecule has 0 N–H and O–H groups in total. The van der Waals surface area contributed by atoms with Gasteiger partial charge in [0.1, 0.15) is 11.6 Å². The fourth-order valence-electron chi connectivity index (χ4n) is 3.75. The van der Waals surface area contributed by atoms with Crippen LogP contribution in [0.1, 0.15) is 43.8 Å². The van der Waals surface area contributed by atoms with Gasteiger partial charge >= 0.3 is 0 Å². The Morgan fingerprint density at radius 3 is 2.80 bits per heavy atom. The van der Waals surface area contributed by atoms with Gasteiger partial charge in [0.25, 0.3) is 0 Å². The Balaban J connectivity index is 1.96. The number of fused-ring (bicyclic) bond motifs is 1. The van der Waals surface area contributed by atoms with E-state index in [0.717, 1.165) is 36.5 Å². The fourth-order valence-corrected chi connectivity index (χ4v) is 3.75. The highest BCUT2D eigenvalue weighted by Gasteiger charge is 2.39. The lowest BCUT2D eigenvalue weighted by Crippen LogP contribution is -2.47. The van der Waals surface area contributed by atoms with Crippen LogP contribution in [0.4, 0.5) is 5.82 Å². The van der Waals surface area contributed by atoms with E-state index in [9.17, 15) is 9.59 Å². The number of methoxy groups -OCH3 is 1. The maximum Gasteiger partial charge on any atom is 0.232 e. The van der Waals surface area contributed by atoms with Gasteiger partial charge in [-0.25, -0.2) is 9.97 Å². The number of aromatic nitrogens is 2. The molecule has 1 fully saturated rings. The minimum absolute atomic E-state index is 0.0424. The SMILES string of the molecule is COCCN1C(=O)Cc2c(C)nc([C@@]3(C)CCCN(C(C)=O)C3)nc21. The van der Waals surface area contributed by atoms with E-state index in [-0.39, 0.29) is 17.2 Å². The van der Waals surface area contributed by atoms with Gasteiger partial charge in [0.15, 0.2) is 0 Å². The van der Waals surface area contributed by atoms with Crippen molar-refractivity contribution in [2.45, 2.75) is 45.4 Å². The number of likely N-dealkylation sites (tertiary alicyclic amines) is 1.